The Morgan fingerprint density at radius 3 is 2.62 bits per heavy atom. The number of amides is 1. The first kappa shape index (κ1) is 14.6. The monoisotopic (exact) mass is 324 g/mol. The number of fused-ring (bicyclic) bond motifs is 3. The van der Waals surface area contributed by atoms with Crippen LogP contribution in [0, 0.1) is 23.7 Å². The van der Waals surface area contributed by atoms with Gasteiger partial charge in [0.15, 0.2) is 5.82 Å². The van der Waals surface area contributed by atoms with E-state index in [0.717, 1.165) is 17.3 Å². The number of hydrogen-bond donors (Lipinski definition) is 3. The number of nitrogens with zero attached hydrogens (tertiary/aromatic N) is 2. The van der Waals surface area contributed by atoms with Gasteiger partial charge in [-0.05, 0) is 30.4 Å². The Hall–Kier alpha value is -2.96. The fourth-order valence-electron chi connectivity index (χ4n) is 3.82. The highest BCUT2D eigenvalue weighted by molar-refractivity contribution is 5.91. The molecule has 0 saturated heterocycles. The van der Waals surface area contributed by atoms with Crippen LogP contribution in [0.5, 0.6) is 0 Å². The summed E-state index contributed by atoms with van der Waals surface area (Å²) in [5.74, 6) is -2.04. The standard InChI is InChI=1S/C17H16N4O3/c22-16(13-9-5-6-10(7-9)14(13)17(23)24)21-20-15-11-3-1-2-4-12(11)18-8-19-15/h1-6,8-10,13-14H,7H2,(H,21,22)(H,23,24)(H,18,19,20)/t9-,10+,13+,14+/m1/s1. The molecule has 2 aromatic rings. The molecule has 2 bridgehead atoms. The fourth-order valence-corrected chi connectivity index (χ4v) is 3.82. The summed E-state index contributed by atoms with van der Waals surface area (Å²) < 4.78 is 0. The maximum atomic E-state index is 12.5. The Morgan fingerprint density at radius 1 is 1.08 bits per heavy atom. The molecule has 7 nitrogen and oxygen atoms in total. The van der Waals surface area contributed by atoms with Crippen molar-refractivity contribution in [1.82, 2.24) is 15.4 Å². The summed E-state index contributed by atoms with van der Waals surface area (Å²) in [6.07, 6.45) is 6.01. The molecule has 24 heavy (non-hydrogen) atoms. The van der Waals surface area contributed by atoms with Crippen LogP contribution in [0.15, 0.2) is 42.7 Å². The smallest absolute Gasteiger partial charge is 0.307 e. The van der Waals surface area contributed by atoms with Crippen molar-refractivity contribution < 1.29 is 14.7 Å². The molecular formula is C17H16N4O3. The van der Waals surface area contributed by atoms with Crippen LogP contribution in [0.2, 0.25) is 0 Å². The number of carbonyl (C=O) groups excluding carboxylic acids is 1. The average Bonchev–Trinajstić information content (AvgIpc) is 3.20. The molecule has 7 heteroatoms. The second kappa shape index (κ2) is 5.59. The predicted octanol–water partition coefficient (Wildman–Crippen LogP) is 1.60. The number of hydrazine groups is 1. The van der Waals surface area contributed by atoms with Crippen LogP contribution in [0.3, 0.4) is 0 Å². The van der Waals surface area contributed by atoms with Crippen LogP contribution in [0.4, 0.5) is 5.82 Å². The zero-order valence-electron chi connectivity index (χ0n) is 12.7. The van der Waals surface area contributed by atoms with Crippen molar-refractivity contribution in [2.75, 3.05) is 5.43 Å². The van der Waals surface area contributed by atoms with Gasteiger partial charge in [0.1, 0.15) is 6.33 Å². The molecule has 2 aliphatic carbocycles. The Morgan fingerprint density at radius 2 is 1.83 bits per heavy atom. The van der Waals surface area contributed by atoms with E-state index in [0.29, 0.717) is 5.82 Å². The van der Waals surface area contributed by atoms with Crippen LogP contribution >= 0.6 is 0 Å². The van der Waals surface area contributed by atoms with Gasteiger partial charge in [-0.15, -0.1) is 0 Å². The quantitative estimate of drug-likeness (QED) is 0.583. The van der Waals surface area contributed by atoms with E-state index in [1.54, 1.807) is 0 Å². The van der Waals surface area contributed by atoms with Crippen LogP contribution in [-0.2, 0) is 9.59 Å². The van der Waals surface area contributed by atoms with Gasteiger partial charge < -0.3 is 5.11 Å². The lowest BCUT2D eigenvalue weighted by Gasteiger charge is -2.24. The van der Waals surface area contributed by atoms with Gasteiger partial charge in [-0.3, -0.25) is 20.4 Å². The molecule has 122 valence electrons. The second-order valence-electron chi connectivity index (χ2n) is 6.19. The molecule has 1 heterocycles. The molecule has 1 aromatic carbocycles. The first-order chi connectivity index (χ1) is 11.6. The highest BCUT2D eigenvalue weighted by Crippen LogP contribution is 2.48. The highest BCUT2D eigenvalue weighted by Gasteiger charge is 2.51. The summed E-state index contributed by atoms with van der Waals surface area (Å²) in [5.41, 5.74) is 6.20. The van der Waals surface area contributed by atoms with Crippen molar-refractivity contribution in [2.45, 2.75) is 6.42 Å². The van der Waals surface area contributed by atoms with E-state index < -0.39 is 17.8 Å². The molecule has 2 aliphatic rings. The number of carboxylic acids is 1. The number of carbonyl (C=O) groups is 2. The summed E-state index contributed by atoms with van der Waals surface area (Å²) in [7, 11) is 0. The van der Waals surface area contributed by atoms with Gasteiger partial charge in [-0.1, -0.05) is 24.3 Å². The third-order valence-corrected chi connectivity index (χ3v) is 4.89. The van der Waals surface area contributed by atoms with Crippen LogP contribution in [-0.4, -0.2) is 27.0 Å². The van der Waals surface area contributed by atoms with E-state index >= 15 is 0 Å². The van der Waals surface area contributed by atoms with Crippen molar-refractivity contribution >= 4 is 28.6 Å². The van der Waals surface area contributed by atoms with Crippen molar-refractivity contribution in [1.29, 1.82) is 0 Å². The zero-order chi connectivity index (χ0) is 16.7. The van der Waals surface area contributed by atoms with Gasteiger partial charge in [0.2, 0.25) is 5.91 Å². The molecule has 1 fully saturated rings. The van der Waals surface area contributed by atoms with Crippen molar-refractivity contribution in [3.63, 3.8) is 0 Å². The number of hydrogen-bond acceptors (Lipinski definition) is 5. The fraction of sp³-hybridized carbons (Fsp3) is 0.294. The molecule has 1 amide bonds. The zero-order valence-corrected chi connectivity index (χ0v) is 12.7. The number of carboxylic acid groups (broad SMARTS) is 1. The maximum absolute atomic E-state index is 12.5. The molecule has 0 radical (unpaired) electrons. The van der Waals surface area contributed by atoms with E-state index in [4.69, 9.17) is 0 Å². The van der Waals surface area contributed by atoms with E-state index in [-0.39, 0.29) is 17.7 Å². The third kappa shape index (κ3) is 2.29. The maximum Gasteiger partial charge on any atom is 0.307 e. The number of anilines is 1. The largest absolute Gasteiger partial charge is 0.481 e. The van der Waals surface area contributed by atoms with Gasteiger partial charge in [0.05, 0.1) is 17.4 Å². The molecule has 0 spiro atoms. The number of para-hydroxylation sites is 1. The lowest BCUT2D eigenvalue weighted by atomic mass is 9.82. The van der Waals surface area contributed by atoms with Crippen LogP contribution in [0.1, 0.15) is 6.42 Å². The van der Waals surface area contributed by atoms with Gasteiger partial charge in [-0.25, -0.2) is 9.97 Å². The molecule has 3 N–H and O–H groups in total. The van der Waals surface area contributed by atoms with Gasteiger partial charge in [-0.2, -0.15) is 0 Å². The summed E-state index contributed by atoms with van der Waals surface area (Å²) in [6, 6.07) is 7.44. The van der Waals surface area contributed by atoms with Crippen molar-refractivity contribution in [3.05, 3.63) is 42.7 Å². The highest BCUT2D eigenvalue weighted by atomic mass is 16.4. The number of aliphatic carboxylic acids is 1. The molecule has 4 rings (SSSR count). The minimum atomic E-state index is -0.917. The molecule has 4 atom stereocenters. The average molecular weight is 324 g/mol. The van der Waals surface area contributed by atoms with Gasteiger partial charge >= 0.3 is 5.97 Å². The molecular weight excluding hydrogens is 308 g/mol. The summed E-state index contributed by atoms with van der Waals surface area (Å²) >= 11 is 0. The first-order valence-electron chi connectivity index (χ1n) is 7.82. The SMILES string of the molecule is O=C(NNc1ncnc2ccccc12)[C@@H]1[C@@H](C(=O)O)[C@H]2C=C[C@@H]1C2. The summed E-state index contributed by atoms with van der Waals surface area (Å²) in [6.45, 7) is 0. The van der Waals surface area contributed by atoms with Gasteiger partial charge in [0.25, 0.3) is 0 Å². The van der Waals surface area contributed by atoms with E-state index in [2.05, 4.69) is 20.8 Å². The minimum absolute atomic E-state index is 0.0138. The number of benzene rings is 1. The molecule has 0 unspecified atom stereocenters. The van der Waals surface area contributed by atoms with E-state index in [1.165, 1.54) is 6.33 Å². The first-order valence-corrected chi connectivity index (χ1v) is 7.82. The molecule has 0 aliphatic heterocycles. The van der Waals surface area contributed by atoms with Crippen molar-refractivity contribution in [2.24, 2.45) is 23.7 Å². The topological polar surface area (TPSA) is 104 Å². The Balaban J connectivity index is 1.52. The van der Waals surface area contributed by atoms with Crippen LogP contribution < -0.4 is 10.9 Å². The number of rotatable bonds is 4. The minimum Gasteiger partial charge on any atom is -0.481 e. The van der Waals surface area contributed by atoms with E-state index in [9.17, 15) is 14.7 Å². The Kier molecular flexibility index (Phi) is 3.41. The predicted molar refractivity (Wildman–Crippen MR) is 86.7 cm³/mol. The van der Waals surface area contributed by atoms with Crippen LogP contribution in [0.25, 0.3) is 10.9 Å². The summed E-state index contributed by atoms with van der Waals surface area (Å²) in [4.78, 5) is 32.3. The Labute approximate surface area is 137 Å². The third-order valence-electron chi connectivity index (χ3n) is 4.89. The molecule has 1 aromatic heterocycles. The number of allylic oxidation sites excluding steroid dienone is 2. The summed E-state index contributed by atoms with van der Waals surface area (Å²) in [5, 5.41) is 10.2. The Bertz CT molecular complexity index is 845. The lowest BCUT2D eigenvalue weighted by Crippen LogP contribution is -2.42. The lowest BCUT2D eigenvalue weighted by molar-refractivity contribution is -0.147. The number of aromatic nitrogens is 2. The van der Waals surface area contributed by atoms with Crippen molar-refractivity contribution in [3.8, 4) is 0 Å². The van der Waals surface area contributed by atoms with Gasteiger partial charge in [0, 0.05) is 5.39 Å². The normalized spacial score (nSPS) is 27.3. The second-order valence-corrected chi connectivity index (χ2v) is 6.19. The van der Waals surface area contributed by atoms with E-state index in [1.807, 2.05) is 36.4 Å². The number of nitrogens with one attached hydrogen (secondary N) is 2. The molecule has 1 saturated carbocycles.